The lowest BCUT2D eigenvalue weighted by Crippen LogP contribution is -2.30. The summed E-state index contributed by atoms with van der Waals surface area (Å²) in [6.45, 7) is 1.81. The third-order valence-electron chi connectivity index (χ3n) is 3.42. The Kier molecular flexibility index (Phi) is 4.73. The molecule has 110 valence electrons. The molecule has 2 aromatic rings. The fourth-order valence-corrected chi connectivity index (χ4v) is 2.33. The maximum atomic E-state index is 13.9. The van der Waals surface area contributed by atoms with Gasteiger partial charge in [-0.1, -0.05) is 28.1 Å². The maximum absolute atomic E-state index is 13.9. The quantitative estimate of drug-likeness (QED) is 0.791. The van der Waals surface area contributed by atoms with Crippen LogP contribution in [0.3, 0.4) is 0 Å². The Morgan fingerprint density at radius 3 is 2.33 bits per heavy atom. The summed E-state index contributed by atoms with van der Waals surface area (Å²) in [6, 6.07) is 9.92. The Bertz CT molecular complexity index is 658. The molecule has 2 rings (SSSR count). The van der Waals surface area contributed by atoms with Gasteiger partial charge in [0.15, 0.2) is 0 Å². The summed E-state index contributed by atoms with van der Waals surface area (Å²) in [4.78, 5) is 13.8. The van der Waals surface area contributed by atoms with Crippen molar-refractivity contribution < 1.29 is 13.6 Å². The first-order valence-corrected chi connectivity index (χ1v) is 7.17. The van der Waals surface area contributed by atoms with Crippen LogP contribution in [0, 0.1) is 11.6 Å². The average Bonchev–Trinajstić information content (AvgIpc) is 2.46. The molecular weight excluding hydrogens is 340 g/mol. The molecule has 1 amide bonds. The van der Waals surface area contributed by atoms with Crippen molar-refractivity contribution in [3.8, 4) is 0 Å². The summed E-state index contributed by atoms with van der Waals surface area (Å²) >= 11 is 3.15. The summed E-state index contributed by atoms with van der Waals surface area (Å²) in [5, 5.41) is 0. The van der Waals surface area contributed by atoms with Crippen LogP contribution in [-0.2, 0) is 0 Å². The molecule has 0 N–H and O–H groups in total. The van der Waals surface area contributed by atoms with Gasteiger partial charge in [-0.2, -0.15) is 0 Å². The van der Waals surface area contributed by atoms with Gasteiger partial charge in [-0.15, -0.1) is 0 Å². The number of halogens is 3. The monoisotopic (exact) mass is 353 g/mol. The van der Waals surface area contributed by atoms with Crippen LogP contribution in [0.5, 0.6) is 0 Å². The Hall–Kier alpha value is -1.75. The first-order chi connectivity index (χ1) is 9.90. The Morgan fingerprint density at radius 1 is 1.14 bits per heavy atom. The van der Waals surface area contributed by atoms with E-state index in [9.17, 15) is 13.6 Å². The van der Waals surface area contributed by atoms with Crippen molar-refractivity contribution >= 4 is 21.8 Å². The van der Waals surface area contributed by atoms with Crippen molar-refractivity contribution in [1.29, 1.82) is 0 Å². The zero-order valence-corrected chi connectivity index (χ0v) is 13.2. The summed E-state index contributed by atoms with van der Waals surface area (Å²) in [5.74, 6) is -1.33. The van der Waals surface area contributed by atoms with Crippen LogP contribution in [0.1, 0.15) is 28.9 Å². The van der Waals surface area contributed by atoms with E-state index in [0.717, 1.165) is 5.56 Å². The number of hydrogen-bond acceptors (Lipinski definition) is 1. The van der Waals surface area contributed by atoms with E-state index in [1.807, 2.05) is 6.92 Å². The fourth-order valence-electron chi connectivity index (χ4n) is 1.99. The van der Waals surface area contributed by atoms with E-state index in [2.05, 4.69) is 15.9 Å². The number of amides is 1. The van der Waals surface area contributed by atoms with Crippen molar-refractivity contribution in [2.45, 2.75) is 13.0 Å². The van der Waals surface area contributed by atoms with Crippen LogP contribution in [0.25, 0.3) is 0 Å². The molecule has 0 fully saturated rings. The summed E-state index contributed by atoms with van der Waals surface area (Å²) in [7, 11) is 1.60. The maximum Gasteiger partial charge on any atom is 0.257 e. The SMILES string of the molecule is CC(c1ccc(F)cc1)N(C)C(=O)c1ccc(Br)cc1F. The molecule has 0 aliphatic rings. The molecule has 0 heterocycles. The average molecular weight is 354 g/mol. The molecule has 2 aromatic carbocycles. The minimum atomic E-state index is -0.576. The zero-order chi connectivity index (χ0) is 15.6. The predicted octanol–water partition coefficient (Wildman–Crippen LogP) is 4.56. The molecule has 0 aromatic heterocycles. The molecule has 0 aliphatic carbocycles. The van der Waals surface area contributed by atoms with Crippen LogP contribution < -0.4 is 0 Å². The largest absolute Gasteiger partial charge is 0.335 e. The first kappa shape index (κ1) is 15.6. The van der Waals surface area contributed by atoms with Crippen molar-refractivity contribution in [3.63, 3.8) is 0 Å². The first-order valence-electron chi connectivity index (χ1n) is 6.38. The molecule has 0 aliphatic heterocycles. The molecule has 2 nitrogen and oxygen atoms in total. The number of benzene rings is 2. The van der Waals surface area contributed by atoms with Gasteiger partial charge in [0.2, 0.25) is 0 Å². The second-order valence-electron chi connectivity index (χ2n) is 4.77. The van der Waals surface area contributed by atoms with Crippen LogP contribution >= 0.6 is 15.9 Å². The molecule has 5 heteroatoms. The highest BCUT2D eigenvalue weighted by atomic mass is 79.9. The van der Waals surface area contributed by atoms with E-state index in [1.165, 1.54) is 29.2 Å². The normalized spacial score (nSPS) is 12.0. The summed E-state index contributed by atoms with van der Waals surface area (Å²) in [5.41, 5.74) is 0.791. The van der Waals surface area contributed by atoms with Crippen molar-refractivity contribution in [1.82, 2.24) is 4.90 Å². The Labute approximate surface area is 130 Å². The van der Waals surface area contributed by atoms with Gasteiger partial charge in [-0.25, -0.2) is 8.78 Å². The van der Waals surface area contributed by atoms with Gasteiger partial charge < -0.3 is 4.90 Å². The van der Waals surface area contributed by atoms with Gasteiger partial charge >= 0.3 is 0 Å². The Balaban J connectivity index is 2.24. The molecule has 0 spiro atoms. The van der Waals surface area contributed by atoms with Crippen LogP contribution in [0.4, 0.5) is 8.78 Å². The van der Waals surface area contributed by atoms with Gasteiger partial charge in [0.1, 0.15) is 11.6 Å². The van der Waals surface area contributed by atoms with Gasteiger partial charge in [-0.05, 0) is 42.8 Å². The van der Waals surface area contributed by atoms with Gasteiger partial charge in [0.25, 0.3) is 5.91 Å². The van der Waals surface area contributed by atoms with Gasteiger partial charge in [0.05, 0.1) is 11.6 Å². The van der Waals surface area contributed by atoms with Crippen molar-refractivity contribution in [2.24, 2.45) is 0 Å². The molecule has 1 atom stereocenters. The zero-order valence-electron chi connectivity index (χ0n) is 11.6. The third kappa shape index (κ3) is 3.47. The van der Waals surface area contributed by atoms with E-state index in [0.29, 0.717) is 4.47 Å². The van der Waals surface area contributed by atoms with Gasteiger partial charge in [0, 0.05) is 11.5 Å². The second-order valence-corrected chi connectivity index (χ2v) is 5.68. The summed E-state index contributed by atoms with van der Waals surface area (Å²) in [6.07, 6.45) is 0. The van der Waals surface area contributed by atoms with E-state index in [1.54, 1.807) is 25.2 Å². The number of nitrogens with zero attached hydrogens (tertiary/aromatic N) is 1. The lowest BCUT2D eigenvalue weighted by molar-refractivity contribution is 0.0738. The van der Waals surface area contributed by atoms with Crippen LogP contribution in [-0.4, -0.2) is 17.9 Å². The highest BCUT2D eigenvalue weighted by molar-refractivity contribution is 9.10. The minimum absolute atomic E-state index is 0.00895. The molecule has 0 radical (unpaired) electrons. The van der Waals surface area contributed by atoms with E-state index in [4.69, 9.17) is 0 Å². The molecular formula is C16H14BrF2NO. The van der Waals surface area contributed by atoms with E-state index >= 15 is 0 Å². The number of carbonyl (C=O) groups excluding carboxylic acids is 1. The second kappa shape index (κ2) is 6.35. The highest BCUT2D eigenvalue weighted by Crippen LogP contribution is 2.23. The van der Waals surface area contributed by atoms with Crippen molar-refractivity contribution in [3.05, 3.63) is 69.7 Å². The van der Waals surface area contributed by atoms with E-state index < -0.39 is 11.7 Å². The van der Waals surface area contributed by atoms with Gasteiger partial charge in [-0.3, -0.25) is 4.79 Å². The lowest BCUT2D eigenvalue weighted by atomic mass is 10.1. The number of rotatable bonds is 3. The van der Waals surface area contributed by atoms with Crippen LogP contribution in [0.2, 0.25) is 0 Å². The topological polar surface area (TPSA) is 20.3 Å². The lowest BCUT2D eigenvalue weighted by Gasteiger charge is -2.25. The van der Waals surface area contributed by atoms with Crippen LogP contribution in [0.15, 0.2) is 46.9 Å². The molecule has 0 saturated carbocycles. The standard InChI is InChI=1S/C16H14BrF2NO/c1-10(11-3-6-13(18)7-4-11)20(2)16(21)14-8-5-12(17)9-15(14)19/h3-10H,1-2H3. The van der Waals surface area contributed by atoms with Crippen molar-refractivity contribution in [2.75, 3.05) is 7.05 Å². The highest BCUT2D eigenvalue weighted by Gasteiger charge is 2.21. The fraction of sp³-hybridized carbons (Fsp3) is 0.188. The predicted molar refractivity (Wildman–Crippen MR) is 81.0 cm³/mol. The number of hydrogen-bond donors (Lipinski definition) is 0. The Morgan fingerprint density at radius 2 is 1.76 bits per heavy atom. The summed E-state index contributed by atoms with van der Waals surface area (Å²) < 4.78 is 27.4. The smallest absolute Gasteiger partial charge is 0.257 e. The minimum Gasteiger partial charge on any atom is -0.335 e. The third-order valence-corrected chi connectivity index (χ3v) is 3.91. The molecule has 0 bridgehead atoms. The molecule has 1 unspecified atom stereocenters. The molecule has 0 saturated heterocycles. The van der Waals surface area contributed by atoms with E-state index in [-0.39, 0.29) is 17.4 Å². The molecule has 21 heavy (non-hydrogen) atoms. The number of carbonyl (C=O) groups is 1.